The number of fused-ring (bicyclic) bond motifs is 1. The molecule has 1 atom stereocenters. The molecule has 1 aromatic rings. The van der Waals surface area contributed by atoms with Crippen LogP contribution in [0.1, 0.15) is 57.2 Å². The van der Waals surface area contributed by atoms with Gasteiger partial charge in [-0.15, -0.1) is 0 Å². The summed E-state index contributed by atoms with van der Waals surface area (Å²) < 4.78 is 11.2. The zero-order valence-corrected chi connectivity index (χ0v) is 20.5. The molecule has 0 bridgehead atoms. The molecular formula is C25H36N4O6. The van der Waals surface area contributed by atoms with Crippen LogP contribution in [0, 0.1) is 5.92 Å². The van der Waals surface area contributed by atoms with Gasteiger partial charge < -0.3 is 30.1 Å². The van der Waals surface area contributed by atoms with Gasteiger partial charge in [0.1, 0.15) is 17.5 Å². The van der Waals surface area contributed by atoms with E-state index in [4.69, 9.17) is 14.5 Å². The van der Waals surface area contributed by atoms with Crippen LogP contribution in [0.5, 0.6) is 0 Å². The molecule has 1 aliphatic carbocycles. The second-order valence-corrected chi connectivity index (χ2v) is 10.2. The number of aliphatic carboxylic acids is 1. The Labute approximate surface area is 205 Å². The van der Waals surface area contributed by atoms with Crippen molar-refractivity contribution in [3.05, 3.63) is 23.4 Å². The van der Waals surface area contributed by atoms with E-state index in [-0.39, 0.29) is 25.0 Å². The number of nitrogens with zero attached hydrogens (tertiary/aromatic N) is 2. The maximum atomic E-state index is 12.2. The number of hydrogen-bond acceptors (Lipinski definition) is 7. The second kappa shape index (κ2) is 10.8. The average Bonchev–Trinajstić information content (AvgIpc) is 2.77. The van der Waals surface area contributed by atoms with Gasteiger partial charge in [-0.25, -0.2) is 14.6 Å². The molecule has 192 valence electrons. The van der Waals surface area contributed by atoms with E-state index in [1.54, 1.807) is 11.8 Å². The van der Waals surface area contributed by atoms with E-state index in [1.165, 1.54) is 12.5 Å². The SMILES string of the molecule is CC(=O)N1CC(C)(OC(=O)NC(CCOC2CC(CCc3ccc4c(n3)NCCC4)C2)C(=O)O)C1. The molecule has 1 saturated carbocycles. The van der Waals surface area contributed by atoms with Crippen LogP contribution in [0.3, 0.4) is 0 Å². The number of hydrogen-bond donors (Lipinski definition) is 3. The molecule has 0 spiro atoms. The molecule has 10 nitrogen and oxygen atoms in total. The van der Waals surface area contributed by atoms with Gasteiger partial charge in [0.2, 0.25) is 5.91 Å². The molecule has 35 heavy (non-hydrogen) atoms. The Morgan fingerprint density at radius 1 is 1.31 bits per heavy atom. The number of carboxylic acid groups (broad SMARTS) is 1. The van der Waals surface area contributed by atoms with Crippen molar-refractivity contribution in [2.45, 2.75) is 76.5 Å². The fraction of sp³-hybridized carbons (Fsp3) is 0.680. The lowest BCUT2D eigenvalue weighted by molar-refractivity contribution is -0.150. The lowest BCUT2D eigenvalue weighted by Gasteiger charge is -2.46. The summed E-state index contributed by atoms with van der Waals surface area (Å²) in [5.41, 5.74) is 1.63. The summed E-state index contributed by atoms with van der Waals surface area (Å²) in [6.07, 6.45) is 5.68. The first-order valence-electron chi connectivity index (χ1n) is 12.5. The van der Waals surface area contributed by atoms with Crippen LogP contribution in [0.2, 0.25) is 0 Å². The van der Waals surface area contributed by atoms with Gasteiger partial charge in [0.05, 0.1) is 19.2 Å². The van der Waals surface area contributed by atoms with Crippen LogP contribution in [0.25, 0.3) is 0 Å². The minimum atomic E-state index is -1.13. The van der Waals surface area contributed by atoms with Gasteiger partial charge in [0, 0.05) is 32.2 Å². The van der Waals surface area contributed by atoms with Crippen LogP contribution in [-0.4, -0.2) is 76.9 Å². The Bertz CT molecular complexity index is 942. The summed E-state index contributed by atoms with van der Waals surface area (Å²) in [5, 5.41) is 15.2. The van der Waals surface area contributed by atoms with Crippen molar-refractivity contribution < 1.29 is 29.0 Å². The number of amides is 2. The van der Waals surface area contributed by atoms with Crippen molar-refractivity contribution >= 4 is 23.8 Å². The molecule has 0 radical (unpaired) electrons. The van der Waals surface area contributed by atoms with Crippen molar-refractivity contribution in [3.8, 4) is 0 Å². The third-order valence-corrected chi connectivity index (χ3v) is 7.14. The highest BCUT2D eigenvalue weighted by molar-refractivity contribution is 5.80. The van der Waals surface area contributed by atoms with Gasteiger partial charge in [-0.1, -0.05) is 6.07 Å². The number of carbonyl (C=O) groups is 3. The Kier molecular flexibility index (Phi) is 7.78. The van der Waals surface area contributed by atoms with Crippen molar-refractivity contribution in [1.82, 2.24) is 15.2 Å². The Balaban J connectivity index is 1.10. The number of carboxylic acids is 1. The minimum absolute atomic E-state index is 0.0853. The number of pyridine rings is 1. The lowest BCUT2D eigenvalue weighted by Crippen LogP contribution is -2.64. The van der Waals surface area contributed by atoms with Crippen LogP contribution in [0.4, 0.5) is 10.6 Å². The number of anilines is 1. The molecule has 2 fully saturated rings. The van der Waals surface area contributed by atoms with Gasteiger partial charge in [0.15, 0.2) is 0 Å². The van der Waals surface area contributed by atoms with Crippen LogP contribution in [0.15, 0.2) is 12.1 Å². The van der Waals surface area contributed by atoms with Gasteiger partial charge in [-0.05, 0) is 63.0 Å². The van der Waals surface area contributed by atoms with E-state index in [2.05, 4.69) is 22.8 Å². The fourth-order valence-electron chi connectivity index (χ4n) is 4.96. The second-order valence-electron chi connectivity index (χ2n) is 10.2. The smallest absolute Gasteiger partial charge is 0.408 e. The maximum absolute atomic E-state index is 12.2. The Morgan fingerprint density at radius 2 is 2.09 bits per heavy atom. The maximum Gasteiger partial charge on any atom is 0.408 e. The van der Waals surface area contributed by atoms with E-state index in [1.807, 2.05) is 0 Å². The number of aromatic nitrogens is 1. The summed E-state index contributed by atoms with van der Waals surface area (Å²) in [4.78, 5) is 41.3. The Hall–Kier alpha value is -2.88. The standard InChI is InChI=1S/C25H36N4O6/c1-16(30)29-14-25(2,15-29)35-24(33)28-21(23(31)32)9-11-34-20-12-17(13-20)5-7-19-8-6-18-4-3-10-26-22(18)27-19/h6,8,17,20-21H,3-5,7,9-15H2,1-2H3,(H,26,27)(H,28,33)(H,31,32). The number of carbonyl (C=O) groups excluding carboxylic acids is 2. The van der Waals surface area contributed by atoms with E-state index in [0.717, 1.165) is 56.6 Å². The summed E-state index contributed by atoms with van der Waals surface area (Å²) in [7, 11) is 0. The molecule has 2 aliphatic heterocycles. The molecule has 10 heteroatoms. The zero-order chi connectivity index (χ0) is 25.0. The first kappa shape index (κ1) is 25.2. The van der Waals surface area contributed by atoms with Crippen LogP contribution < -0.4 is 10.6 Å². The van der Waals surface area contributed by atoms with Crippen molar-refractivity contribution in [3.63, 3.8) is 0 Å². The molecule has 4 rings (SSSR count). The van der Waals surface area contributed by atoms with Gasteiger partial charge >= 0.3 is 12.1 Å². The third kappa shape index (κ3) is 6.62. The monoisotopic (exact) mass is 488 g/mol. The first-order valence-corrected chi connectivity index (χ1v) is 12.5. The number of ether oxygens (including phenoxy) is 2. The summed E-state index contributed by atoms with van der Waals surface area (Å²) >= 11 is 0. The largest absolute Gasteiger partial charge is 0.480 e. The Morgan fingerprint density at radius 3 is 2.80 bits per heavy atom. The van der Waals surface area contributed by atoms with Crippen molar-refractivity contribution in [2.75, 3.05) is 31.6 Å². The normalized spacial score (nSPS) is 23.1. The molecular weight excluding hydrogens is 452 g/mol. The number of aryl methyl sites for hydroxylation is 2. The number of nitrogens with one attached hydrogen (secondary N) is 2. The topological polar surface area (TPSA) is 130 Å². The van der Waals surface area contributed by atoms with E-state index in [9.17, 15) is 19.5 Å². The average molecular weight is 489 g/mol. The van der Waals surface area contributed by atoms with E-state index >= 15 is 0 Å². The molecule has 3 N–H and O–H groups in total. The van der Waals surface area contributed by atoms with E-state index in [0.29, 0.717) is 19.0 Å². The molecule has 0 aromatic carbocycles. The summed E-state index contributed by atoms with van der Waals surface area (Å²) in [6, 6.07) is 3.23. The first-order chi connectivity index (χ1) is 16.7. The number of rotatable bonds is 10. The number of likely N-dealkylation sites (tertiary alicyclic amines) is 1. The van der Waals surface area contributed by atoms with E-state index < -0.39 is 23.7 Å². The van der Waals surface area contributed by atoms with Gasteiger partial charge in [-0.3, -0.25) is 4.79 Å². The summed E-state index contributed by atoms with van der Waals surface area (Å²) in [6.45, 7) is 5.02. The molecule has 3 aliphatic rings. The molecule has 1 saturated heterocycles. The molecule has 1 unspecified atom stereocenters. The predicted octanol–water partition coefficient (Wildman–Crippen LogP) is 2.36. The minimum Gasteiger partial charge on any atom is -0.480 e. The highest BCUT2D eigenvalue weighted by atomic mass is 16.6. The van der Waals surface area contributed by atoms with Crippen molar-refractivity contribution in [2.24, 2.45) is 5.92 Å². The fourth-order valence-corrected chi connectivity index (χ4v) is 4.96. The third-order valence-electron chi connectivity index (χ3n) is 7.14. The summed E-state index contributed by atoms with van der Waals surface area (Å²) in [5.74, 6) is 0.409. The highest BCUT2D eigenvalue weighted by Crippen LogP contribution is 2.34. The molecule has 2 amide bonds. The van der Waals surface area contributed by atoms with Gasteiger partial charge in [0.25, 0.3) is 0 Å². The molecule has 3 heterocycles. The zero-order valence-electron chi connectivity index (χ0n) is 20.5. The molecule has 1 aromatic heterocycles. The van der Waals surface area contributed by atoms with Crippen molar-refractivity contribution in [1.29, 1.82) is 0 Å². The van der Waals surface area contributed by atoms with Crippen LogP contribution >= 0.6 is 0 Å². The number of alkyl carbamates (subject to hydrolysis) is 1. The lowest BCUT2D eigenvalue weighted by atomic mass is 9.79. The quantitative estimate of drug-likeness (QED) is 0.458. The highest BCUT2D eigenvalue weighted by Gasteiger charge is 2.44. The predicted molar refractivity (Wildman–Crippen MR) is 128 cm³/mol. The van der Waals surface area contributed by atoms with Gasteiger partial charge in [-0.2, -0.15) is 0 Å². The van der Waals surface area contributed by atoms with Crippen LogP contribution in [-0.2, 0) is 31.9 Å².